The number of halogens is 1. The van der Waals surface area contributed by atoms with Gasteiger partial charge in [0.05, 0.1) is 6.54 Å². The van der Waals surface area contributed by atoms with Crippen molar-refractivity contribution in [2.75, 3.05) is 37.7 Å². The first-order chi connectivity index (χ1) is 14.6. The van der Waals surface area contributed by atoms with Gasteiger partial charge in [0, 0.05) is 49.3 Å². The molecular formula is C21H21ClN4O4. The number of anilines is 1. The van der Waals surface area contributed by atoms with Crippen molar-refractivity contribution in [1.29, 1.82) is 0 Å². The number of furan rings is 1. The van der Waals surface area contributed by atoms with E-state index in [0.717, 1.165) is 5.69 Å². The number of carbonyl (C=O) groups excluding carboxylic acids is 2. The predicted octanol–water partition coefficient (Wildman–Crippen LogP) is 2.68. The molecule has 4 rings (SSSR count). The van der Waals surface area contributed by atoms with Gasteiger partial charge in [-0.05, 0) is 36.4 Å². The highest BCUT2D eigenvalue weighted by Gasteiger charge is 2.23. The molecule has 3 aromatic rings. The predicted molar refractivity (Wildman–Crippen MR) is 111 cm³/mol. The summed E-state index contributed by atoms with van der Waals surface area (Å²) >= 11 is 6.05. The van der Waals surface area contributed by atoms with Gasteiger partial charge in [0.25, 0.3) is 5.91 Å². The quantitative estimate of drug-likeness (QED) is 0.561. The molecule has 0 aliphatic carbocycles. The Hall–Kier alpha value is -3.26. The second-order valence-corrected chi connectivity index (χ2v) is 7.33. The molecule has 0 radical (unpaired) electrons. The third-order valence-corrected chi connectivity index (χ3v) is 5.11. The molecule has 30 heavy (non-hydrogen) atoms. The van der Waals surface area contributed by atoms with Crippen molar-refractivity contribution in [2.45, 2.75) is 6.54 Å². The zero-order valence-electron chi connectivity index (χ0n) is 16.2. The summed E-state index contributed by atoms with van der Waals surface area (Å²) in [5.41, 5.74) is 1.03. The van der Waals surface area contributed by atoms with Crippen molar-refractivity contribution in [3.63, 3.8) is 0 Å². The second kappa shape index (κ2) is 9.04. The van der Waals surface area contributed by atoms with Crippen molar-refractivity contribution < 1.29 is 18.7 Å². The first kappa shape index (κ1) is 20.0. The number of nitrogens with zero attached hydrogens (tertiary/aromatic N) is 4. The molecule has 1 saturated heterocycles. The largest absolute Gasteiger partial charge is 0.452 e. The van der Waals surface area contributed by atoms with Gasteiger partial charge in [-0.2, -0.15) is 5.10 Å². The summed E-state index contributed by atoms with van der Waals surface area (Å²) < 4.78 is 12.3. The van der Waals surface area contributed by atoms with Crippen LogP contribution in [0.25, 0.3) is 0 Å². The van der Waals surface area contributed by atoms with Crippen molar-refractivity contribution in [3.05, 3.63) is 71.4 Å². The molecule has 0 unspecified atom stereocenters. The minimum Gasteiger partial charge on any atom is -0.452 e. The molecule has 0 N–H and O–H groups in total. The maximum atomic E-state index is 12.4. The summed E-state index contributed by atoms with van der Waals surface area (Å²) in [6, 6.07) is 12.7. The topological polar surface area (TPSA) is 80.8 Å². The van der Waals surface area contributed by atoms with E-state index in [1.54, 1.807) is 34.1 Å². The molecule has 0 atom stereocenters. The van der Waals surface area contributed by atoms with Crippen LogP contribution in [0, 0.1) is 0 Å². The van der Waals surface area contributed by atoms with Gasteiger partial charge in [-0.15, -0.1) is 0 Å². The van der Waals surface area contributed by atoms with Gasteiger partial charge in [0.15, 0.2) is 6.61 Å². The van der Waals surface area contributed by atoms with E-state index in [0.29, 0.717) is 43.5 Å². The molecule has 3 heterocycles. The van der Waals surface area contributed by atoms with Gasteiger partial charge >= 0.3 is 5.97 Å². The number of benzene rings is 1. The molecule has 1 aromatic carbocycles. The Morgan fingerprint density at radius 1 is 1.10 bits per heavy atom. The number of piperazine rings is 1. The maximum Gasteiger partial charge on any atom is 0.374 e. The van der Waals surface area contributed by atoms with E-state index >= 15 is 0 Å². The normalized spacial score (nSPS) is 14.0. The van der Waals surface area contributed by atoms with E-state index in [-0.39, 0.29) is 18.3 Å². The average molecular weight is 429 g/mol. The van der Waals surface area contributed by atoms with Crippen LogP contribution in [0.4, 0.5) is 5.69 Å². The molecule has 1 aliphatic rings. The van der Waals surface area contributed by atoms with E-state index in [2.05, 4.69) is 10.00 Å². The van der Waals surface area contributed by atoms with Gasteiger partial charge in [0.1, 0.15) is 5.76 Å². The van der Waals surface area contributed by atoms with Crippen molar-refractivity contribution in [1.82, 2.24) is 14.7 Å². The summed E-state index contributed by atoms with van der Waals surface area (Å²) in [6.45, 7) is 2.58. The Bertz CT molecular complexity index is 1010. The molecule has 0 saturated carbocycles. The van der Waals surface area contributed by atoms with Crippen LogP contribution in [0.2, 0.25) is 5.02 Å². The van der Waals surface area contributed by atoms with E-state index in [9.17, 15) is 9.59 Å². The minimum atomic E-state index is -0.660. The van der Waals surface area contributed by atoms with Gasteiger partial charge < -0.3 is 19.0 Å². The second-order valence-electron chi connectivity index (χ2n) is 6.89. The highest BCUT2D eigenvalue weighted by molar-refractivity contribution is 6.30. The summed E-state index contributed by atoms with van der Waals surface area (Å²) in [7, 11) is 0. The zero-order valence-corrected chi connectivity index (χ0v) is 17.0. The lowest BCUT2D eigenvalue weighted by atomic mass is 10.2. The van der Waals surface area contributed by atoms with Crippen LogP contribution in [-0.4, -0.2) is 59.3 Å². The Morgan fingerprint density at radius 2 is 1.93 bits per heavy atom. The number of hydrogen-bond acceptors (Lipinski definition) is 6. The van der Waals surface area contributed by atoms with Crippen molar-refractivity contribution >= 4 is 29.2 Å². The fourth-order valence-electron chi connectivity index (χ4n) is 3.30. The molecule has 9 heteroatoms. The molecule has 8 nitrogen and oxygen atoms in total. The van der Waals surface area contributed by atoms with Crippen LogP contribution in [-0.2, 0) is 16.1 Å². The number of esters is 1. The molecule has 1 fully saturated rings. The average Bonchev–Trinajstić information content (AvgIpc) is 3.44. The number of amides is 1. The molecule has 1 aliphatic heterocycles. The van der Waals surface area contributed by atoms with Gasteiger partial charge in [-0.3, -0.25) is 9.48 Å². The number of hydrogen-bond donors (Lipinski definition) is 0. The summed E-state index contributed by atoms with van der Waals surface area (Å²) in [4.78, 5) is 28.5. The Kier molecular flexibility index (Phi) is 6.04. The Balaban J connectivity index is 1.24. The molecular weight excluding hydrogens is 408 g/mol. The fourth-order valence-corrected chi connectivity index (χ4v) is 3.49. The van der Waals surface area contributed by atoms with Crippen LogP contribution in [0.1, 0.15) is 16.3 Å². The summed E-state index contributed by atoms with van der Waals surface area (Å²) in [5.74, 6) is -0.241. The third kappa shape index (κ3) is 4.83. The van der Waals surface area contributed by atoms with E-state index in [4.69, 9.17) is 20.8 Å². The van der Waals surface area contributed by atoms with Crippen LogP contribution in [0.3, 0.4) is 0 Å². The number of aromatic nitrogens is 2. The monoisotopic (exact) mass is 428 g/mol. The van der Waals surface area contributed by atoms with Crippen LogP contribution >= 0.6 is 11.6 Å². The molecule has 156 valence electrons. The minimum absolute atomic E-state index is 0.0655. The Morgan fingerprint density at radius 3 is 2.67 bits per heavy atom. The van der Waals surface area contributed by atoms with Crippen LogP contribution < -0.4 is 4.90 Å². The molecule has 0 bridgehead atoms. The maximum absolute atomic E-state index is 12.4. The fraction of sp³-hybridized carbons (Fsp3) is 0.286. The number of carbonyl (C=O) groups is 2. The number of ether oxygens (including phenoxy) is 1. The summed E-state index contributed by atoms with van der Waals surface area (Å²) in [5, 5.41) is 4.77. The summed E-state index contributed by atoms with van der Waals surface area (Å²) in [6.07, 6.45) is 3.46. The first-order valence-corrected chi connectivity index (χ1v) is 9.98. The van der Waals surface area contributed by atoms with Gasteiger partial charge in [-0.25, -0.2) is 4.79 Å². The third-order valence-electron chi connectivity index (χ3n) is 4.87. The highest BCUT2D eigenvalue weighted by Crippen LogP contribution is 2.21. The molecule has 0 spiro atoms. The van der Waals surface area contributed by atoms with Crippen LogP contribution in [0.15, 0.2) is 59.3 Å². The number of rotatable bonds is 6. The molecule has 2 aromatic heterocycles. The molecule has 1 amide bonds. The standard InChI is InChI=1S/C21H21ClN4O4/c22-16-3-1-4-17(13-16)24-9-11-25(12-10-24)20(27)15-29-21(28)19-6-5-18(30-19)14-26-8-2-7-23-26/h1-8,13H,9-12,14-15H2. The zero-order chi connectivity index (χ0) is 20.9. The lowest BCUT2D eigenvalue weighted by molar-refractivity contribution is -0.134. The van der Waals surface area contributed by atoms with Crippen LogP contribution in [0.5, 0.6) is 0 Å². The highest BCUT2D eigenvalue weighted by atomic mass is 35.5. The van der Waals surface area contributed by atoms with E-state index < -0.39 is 5.97 Å². The lowest BCUT2D eigenvalue weighted by Gasteiger charge is -2.36. The van der Waals surface area contributed by atoms with Crippen molar-refractivity contribution in [2.24, 2.45) is 0 Å². The SMILES string of the molecule is O=C(OCC(=O)N1CCN(c2cccc(Cl)c2)CC1)c1ccc(Cn2cccn2)o1. The van der Waals surface area contributed by atoms with Crippen molar-refractivity contribution in [3.8, 4) is 0 Å². The van der Waals surface area contributed by atoms with E-state index in [1.165, 1.54) is 6.07 Å². The van der Waals surface area contributed by atoms with Gasteiger partial charge in [-0.1, -0.05) is 17.7 Å². The van der Waals surface area contributed by atoms with Gasteiger partial charge in [0.2, 0.25) is 5.76 Å². The first-order valence-electron chi connectivity index (χ1n) is 9.60. The lowest BCUT2D eigenvalue weighted by Crippen LogP contribution is -2.49. The Labute approximate surface area is 178 Å². The van der Waals surface area contributed by atoms with E-state index in [1.807, 2.05) is 24.3 Å². The smallest absolute Gasteiger partial charge is 0.374 e.